The number of anilines is 1. The average Bonchev–Trinajstić information content (AvgIpc) is 2.53. The highest BCUT2D eigenvalue weighted by molar-refractivity contribution is 6.07. The van der Waals surface area contributed by atoms with E-state index in [9.17, 15) is 9.59 Å². The first-order valence-electron chi connectivity index (χ1n) is 6.84. The number of para-hydroxylation sites is 1. The second-order valence-electron chi connectivity index (χ2n) is 4.73. The average molecular weight is 295 g/mol. The van der Waals surface area contributed by atoms with Gasteiger partial charge in [-0.15, -0.1) is 0 Å². The maximum absolute atomic E-state index is 12.0. The fourth-order valence-electron chi connectivity index (χ4n) is 1.95. The first-order valence-corrected chi connectivity index (χ1v) is 6.84. The Kier molecular flexibility index (Phi) is 5.03. The van der Waals surface area contributed by atoms with Gasteiger partial charge in [-0.3, -0.25) is 9.59 Å². The number of hydrogen-bond donors (Lipinski definition) is 2. The summed E-state index contributed by atoms with van der Waals surface area (Å²) in [6, 6.07) is 16.1. The van der Waals surface area contributed by atoms with E-state index in [0.29, 0.717) is 17.0 Å². The van der Waals surface area contributed by atoms with Crippen LogP contribution in [0.15, 0.2) is 59.7 Å². The largest absolute Gasteiger partial charge is 0.326 e. The molecule has 2 rings (SSSR count). The first kappa shape index (κ1) is 15.4. The minimum atomic E-state index is -0.281. The van der Waals surface area contributed by atoms with Crippen LogP contribution in [-0.4, -0.2) is 17.5 Å². The van der Waals surface area contributed by atoms with E-state index in [0.717, 1.165) is 5.56 Å². The molecular formula is C17H17N3O2. The lowest BCUT2D eigenvalue weighted by molar-refractivity contribution is -0.114. The van der Waals surface area contributed by atoms with Crippen LogP contribution < -0.4 is 10.7 Å². The van der Waals surface area contributed by atoms with Crippen LogP contribution in [-0.2, 0) is 4.79 Å². The van der Waals surface area contributed by atoms with Gasteiger partial charge in [0.15, 0.2) is 0 Å². The van der Waals surface area contributed by atoms with Crippen LogP contribution in [0, 0.1) is 0 Å². The summed E-state index contributed by atoms with van der Waals surface area (Å²) in [7, 11) is 0. The van der Waals surface area contributed by atoms with Crippen LogP contribution in [0.1, 0.15) is 29.8 Å². The molecule has 2 amide bonds. The summed E-state index contributed by atoms with van der Waals surface area (Å²) in [6.45, 7) is 3.21. The minimum absolute atomic E-state index is 0.159. The zero-order chi connectivity index (χ0) is 15.9. The predicted octanol–water partition coefficient (Wildman–Crippen LogP) is 2.80. The van der Waals surface area contributed by atoms with Gasteiger partial charge >= 0.3 is 0 Å². The Morgan fingerprint density at radius 2 is 1.55 bits per heavy atom. The number of carbonyl (C=O) groups excluding carboxylic acids is 2. The Labute approximate surface area is 129 Å². The molecule has 0 fully saturated rings. The second-order valence-corrected chi connectivity index (χ2v) is 4.73. The fraction of sp³-hybridized carbons (Fsp3) is 0.118. The Balaban J connectivity index is 2.16. The van der Waals surface area contributed by atoms with Gasteiger partial charge in [-0.2, -0.15) is 5.10 Å². The van der Waals surface area contributed by atoms with E-state index in [2.05, 4.69) is 15.8 Å². The topological polar surface area (TPSA) is 70.6 Å². The maximum atomic E-state index is 12.0. The van der Waals surface area contributed by atoms with E-state index in [-0.39, 0.29) is 11.8 Å². The fourth-order valence-corrected chi connectivity index (χ4v) is 1.95. The predicted molar refractivity (Wildman–Crippen MR) is 86.9 cm³/mol. The summed E-state index contributed by atoms with van der Waals surface area (Å²) in [4.78, 5) is 23.2. The van der Waals surface area contributed by atoms with E-state index in [1.165, 1.54) is 6.92 Å². The lowest BCUT2D eigenvalue weighted by Gasteiger charge is -2.09. The SMILES string of the molecule is CC(=O)Nc1ccccc1/C(C)=N/NC(=O)c1ccccc1. The van der Waals surface area contributed by atoms with Gasteiger partial charge in [-0.25, -0.2) is 5.43 Å². The van der Waals surface area contributed by atoms with Crippen LogP contribution in [0.4, 0.5) is 5.69 Å². The van der Waals surface area contributed by atoms with Gasteiger partial charge in [0.1, 0.15) is 0 Å². The number of hydrogen-bond acceptors (Lipinski definition) is 3. The van der Waals surface area contributed by atoms with Gasteiger partial charge in [0.25, 0.3) is 5.91 Å². The summed E-state index contributed by atoms with van der Waals surface area (Å²) in [5, 5.41) is 6.85. The van der Waals surface area contributed by atoms with Crippen molar-refractivity contribution in [1.29, 1.82) is 0 Å². The summed E-state index contributed by atoms with van der Waals surface area (Å²) in [6.07, 6.45) is 0. The van der Waals surface area contributed by atoms with Crippen molar-refractivity contribution >= 4 is 23.2 Å². The third kappa shape index (κ3) is 4.02. The molecule has 2 aromatic carbocycles. The van der Waals surface area contributed by atoms with Gasteiger partial charge in [0, 0.05) is 23.7 Å². The second kappa shape index (κ2) is 7.17. The van der Waals surface area contributed by atoms with Crippen LogP contribution in [0.2, 0.25) is 0 Å². The molecule has 0 aliphatic rings. The van der Waals surface area contributed by atoms with Crippen LogP contribution in [0.3, 0.4) is 0 Å². The van der Waals surface area contributed by atoms with E-state index in [4.69, 9.17) is 0 Å². The molecule has 0 heterocycles. The summed E-state index contributed by atoms with van der Waals surface area (Å²) in [5.41, 5.74) is 5.07. The lowest BCUT2D eigenvalue weighted by atomic mass is 10.1. The number of benzene rings is 2. The molecule has 0 bridgehead atoms. The van der Waals surface area contributed by atoms with Gasteiger partial charge in [-0.05, 0) is 25.1 Å². The maximum Gasteiger partial charge on any atom is 0.271 e. The Morgan fingerprint density at radius 1 is 0.909 bits per heavy atom. The summed E-state index contributed by atoms with van der Waals surface area (Å²) < 4.78 is 0. The number of amides is 2. The molecule has 0 aliphatic carbocycles. The molecule has 0 unspecified atom stereocenters. The molecule has 0 atom stereocenters. The molecule has 2 aromatic rings. The highest BCUT2D eigenvalue weighted by atomic mass is 16.2. The molecule has 0 aliphatic heterocycles. The van der Waals surface area contributed by atoms with E-state index < -0.39 is 0 Å². The number of carbonyl (C=O) groups is 2. The zero-order valence-corrected chi connectivity index (χ0v) is 12.5. The molecule has 5 nitrogen and oxygen atoms in total. The molecule has 0 spiro atoms. The molecule has 22 heavy (non-hydrogen) atoms. The van der Waals surface area contributed by atoms with Crippen molar-refractivity contribution in [3.05, 3.63) is 65.7 Å². The normalized spacial score (nSPS) is 10.9. The first-order chi connectivity index (χ1) is 10.6. The Morgan fingerprint density at radius 3 is 2.23 bits per heavy atom. The molecule has 112 valence electrons. The lowest BCUT2D eigenvalue weighted by Crippen LogP contribution is -2.19. The standard InChI is InChI=1S/C17H17N3O2/c1-12(15-10-6-7-11-16(15)18-13(2)21)19-20-17(22)14-8-4-3-5-9-14/h3-11H,1-2H3,(H,18,21)(H,20,22)/b19-12+. The van der Waals surface area contributed by atoms with Crippen molar-refractivity contribution in [3.8, 4) is 0 Å². The highest BCUT2D eigenvalue weighted by Crippen LogP contribution is 2.15. The van der Waals surface area contributed by atoms with Gasteiger partial charge in [0.2, 0.25) is 5.91 Å². The van der Waals surface area contributed by atoms with Crippen molar-refractivity contribution in [2.24, 2.45) is 5.10 Å². The Bertz CT molecular complexity index is 709. The summed E-state index contributed by atoms with van der Waals surface area (Å²) >= 11 is 0. The zero-order valence-electron chi connectivity index (χ0n) is 12.5. The minimum Gasteiger partial charge on any atom is -0.326 e. The number of nitrogens with zero attached hydrogens (tertiary/aromatic N) is 1. The van der Waals surface area contributed by atoms with Crippen molar-refractivity contribution in [2.75, 3.05) is 5.32 Å². The number of hydrazone groups is 1. The van der Waals surface area contributed by atoms with Gasteiger partial charge in [0.05, 0.1) is 5.71 Å². The van der Waals surface area contributed by atoms with Crippen molar-refractivity contribution in [1.82, 2.24) is 5.43 Å². The quantitative estimate of drug-likeness (QED) is 0.672. The molecular weight excluding hydrogens is 278 g/mol. The number of rotatable bonds is 4. The van der Waals surface area contributed by atoms with Crippen LogP contribution >= 0.6 is 0 Å². The molecule has 0 radical (unpaired) electrons. The number of nitrogens with one attached hydrogen (secondary N) is 2. The van der Waals surface area contributed by atoms with Crippen molar-refractivity contribution < 1.29 is 9.59 Å². The highest BCUT2D eigenvalue weighted by Gasteiger charge is 2.07. The van der Waals surface area contributed by atoms with Gasteiger partial charge in [-0.1, -0.05) is 36.4 Å². The van der Waals surface area contributed by atoms with Gasteiger partial charge < -0.3 is 5.32 Å². The van der Waals surface area contributed by atoms with Crippen LogP contribution in [0.5, 0.6) is 0 Å². The third-order valence-electron chi connectivity index (χ3n) is 2.99. The third-order valence-corrected chi connectivity index (χ3v) is 2.99. The molecule has 0 aromatic heterocycles. The molecule has 0 saturated heterocycles. The van der Waals surface area contributed by atoms with Crippen LogP contribution in [0.25, 0.3) is 0 Å². The van der Waals surface area contributed by atoms with E-state index >= 15 is 0 Å². The van der Waals surface area contributed by atoms with E-state index in [1.54, 1.807) is 37.3 Å². The Hall–Kier alpha value is -2.95. The molecule has 0 saturated carbocycles. The smallest absolute Gasteiger partial charge is 0.271 e. The van der Waals surface area contributed by atoms with Crippen molar-refractivity contribution in [3.63, 3.8) is 0 Å². The monoisotopic (exact) mass is 295 g/mol. The van der Waals surface area contributed by atoms with E-state index in [1.807, 2.05) is 24.3 Å². The van der Waals surface area contributed by atoms with Crippen molar-refractivity contribution in [2.45, 2.75) is 13.8 Å². The molecule has 5 heteroatoms. The molecule has 2 N–H and O–H groups in total. The summed E-state index contributed by atoms with van der Waals surface area (Å²) in [5.74, 6) is -0.439.